The predicted molar refractivity (Wildman–Crippen MR) is 96.3 cm³/mol. The molecule has 1 aliphatic heterocycles. The van der Waals surface area contributed by atoms with Crippen LogP contribution in [-0.4, -0.2) is 38.9 Å². The maximum atomic E-state index is 13.1. The summed E-state index contributed by atoms with van der Waals surface area (Å²) in [5.41, 5.74) is 1.52. The summed E-state index contributed by atoms with van der Waals surface area (Å²) in [5.74, 6) is 0.638. The monoisotopic (exact) mass is 356 g/mol. The lowest BCUT2D eigenvalue weighted by Crippen LogP contribution is -2.28. The number of amides is 1. The van der Waals surface area contributed by atoms with Crippen LogP contribution < -0.4 is 0 Å². The molecule has 4 rings (SSSR count). The van der Waals surface area contributed by atoms with Gasteiger partial charge in [0.2, 0.25) is 0 Å². The van der Waals surface area contributed by atoms with Gasteiger partial charge >= 0.3 is 0 Å². The van der Waals surface area contributed by atoms with E-state index in [2.05, 4.69) is 10.3 Å². The summed E-state index contributed by atoms with van der Waals surface area (Å²) >= 11 is 0. The molecule has 1 atom stereocenters. The Bertz CT molecular complexity index is 751. The first kappa shape index (κ1) is 17.2. The normalized spacial score (nSPS) is 21.3. The van der Waals surface area contributed by atoms with Crippen LogP contribution in [0.4, 0.5) is 4.39 Å². The van der Waals surface area contributed by atoms with Crippen molar-refractivity contribution in [3.05, 3.63) is 47.5 Å². The predicted octanol–water partition coefficient (Wildman–Crippen LogP) is 3.63. The third-order valence-corrected chi connectivity index (χ3v) is 5.74. The molecular weight excluding hydrogens is 331 g/mol. The van der Waals surface area contributed by atoms with Crippen molar-refractivity contribution in [3.8, 4) is 0 Å². The summed E-state index contributed by atoms with van der Waals surface area (Å²) in [6, 6.07) is 6.59. The van der Waals surface area contributed by atoms with Crippen molar-refractivity contribution in [2.24, 2.45) is 5.92 Å². The highest BCUT2D eigenvalue weighted by Gasteiger charge is 2.29. The van der Waals surface area contributed by atoms with Crippen LogP contribution in [0.3, 0.4) is 0 Å². The van der Waals surface area contributed by atoms with Gasteiger partial charge in [-0.3, -0.25) is 9.48 Å². The molecule has 1 saturated carbocycles. The molecule has 0 unspecified atom stereocenters. The van der Waals surface area contributed by atoms with E-state index in [1.165, 1.54) is 44.2 Å². The topological polar surface area (TPSA) is 51.0 Å². The Balaban J connectivity index is 1.36. The van der Waals surface area contributed by atoms with Gasteiger partial charge in [0.25, 0.3) is 5.91 Å². The molecule has 1 aromatic carbocycles. The summed E-state index contributed by atoms with van der Waals surface area (Å²) in [6.07, 6.45) is 9.11. The molecule has 1 aliphatic carbocycles. The summed E-state index contributed by atoms with van der Waals surface area (Å²) in [4.78, 5) is 14.6. The highest BCUT2D eigenvalue weighted by molar-refractivity contribution is 5.92. The molecule has 6 heteroatoms. The van der Waals surface area contributed by atoms with Crippen LogP contribution in [0, 0.1) is 11.7 Å². The number of carbonyl (C=O) groups excluding carboxylic acids is 1. The van der Waals surface area contributed by atoms with Gasteiger partial charge in [-0.25, -0.2) is 4.39 Å². The van der Waals surface area contributed by atoms with Crippen molar-refractivity contribution < 1.29 is 9.18 Å². The second kappa shape index (κ2) is 7.56. The fraction of sp³-hybridized carbons (Fsp3) is 0.550. The summed E-state index contributed by atoms with van der Waals surface area (Å²) in [7, 11) is 0. The van der Waals surface area contributed by atoms with E-state index in [0.717, 1.165) is 18.5 Å². The number of hydrogen-bond acceptors (Lipinski definition) is 3. The Hall–Kier alpha value is -2.24. The Morgan fingerprint density at radius 3 is 2.65 bits per heavy atom. The van der Waals surface area contributed by atoms with Gasteiger partial charge in [0.15, 0.2) is 5.69 Å². The smallest absolute Gasteiger partial charge is 0.276 e. The van der Waals surface area contributed by atoms with Crippen LogP contribution in [0.15, 0.2) is 30.5 Å². The molecule has 0 spiro atoms. The molecule has 2 aliphatic rings. The molecule has 1 aromatic heterocycles. The Morgan fingerprint density at radius 2 is 1.88 bits per heavy atom. The fourth-order valence-corrected chi connectivity index (χ4v) is 4.23. The van der Waals surface area contributed by atoms with E-state index in [4.69, 9.17) is 0 Å². The van der Waals surface area contributed by atoms with Gasteiger partial charge in [0, 0.05) is 25.6 Å². The minimum Gasteiger partial charge on any atom is -0.337 e. The van der Waals surface area contributed by atoms with Gasteiger partial charge in [-0.15, -0.1) is 5.10 Å². The Kier molecular flexibility index (Phi) is 5.00. The van der Waals surface area contributed by atoms with Crippen LogP contribution in [0.2, 0.25) is 0 Å². The summed E-state index contributed by atoms with van der Waals surface area (Å²) in [6.45, 7) is 2.22. The van der Waals surface area contributed by atoms with Crippen molar-refractivity contribution in [3.63, 3.8) is 0 Å². The average molecular weight is 356 g/mol. The SMILES string of the molecule is O=C(c1cn(CC2CCCCC2)nn1)N1CC[C@@H](c2ccc(F)cc2)C1. The number of nitrogens with zero attached hydrogens (tertiary/aromatic N) is 4. The molecule has 5 nitrogen and oxygen atoms in total. The van der Waals surface area contributed by atoms with Crippen LogP contribution in [0.1, 0.15) is 60.5 Å². The van der Waals surface area contributed by atoms with Gasteiger partial charge in [-0.05, 0) is 42.9 Å². The van der Waals surface area contributed by atoms with E-state index in [0.29, 0.717) is 24.7 Å². The van der Waals surface area contributed by atoms with Crippen molar-refractivity contribution >= 4 is 5.91 Å². The average Bonchev–Trinajstić information content (AvgIpc) is 3.33. The minimum absolute atomic E-state index is 0.0514. The van der Waals surface area contributed by atoms with E-state index < -0.39 is 0 Å². The largest absolute Gasteiger partial charge is 0.337 e. The second-order valence-corrected chi connectivity index (χ2v) is 7.62. The molecule has 2 fully saturated rings. The number of halogens is 1. The van der Waals surface area contributed by atoms with Crippen LogP contribution >= 0.6 is 0 Å². The third kappa shape index (κ3) is 3.79. The van der Waals surface area contributed by atoms with Gasteiger partial charge in [-0.2, -0.15) is 0 Å². The van der Waals surface area contributed by atoms with Crippen LogP contribution in [0.25, 0.3) is 0 Å². The lowest BCUT2D eigenvalue weighted by molar-refractivity contribution is 0.0785. The van der Waals surface area contributed by atoms with Crippen molar-refractivity contribution in [2.75, 3.05) is 13.1 Å². The first-order valence-corrected chi connectivity index (χ1v) is 9.64. The van der Waals surface area contributed by atoms with E-state index in [1.807, 2.05) is 21.7 Å². The molecule has 2 aromatic rings. The molecule has 2 heterocycles. The second-order valence-electron chi connectivity index (χ2n) is 7.62. The molecule has 0 N–H and O–H groups in total. The fourth-order valence-electron chi connectivity index (χ4n) is 4.23. The Morgan fingerprint density at radius 1 is 1.12 bits per heavy atom. The first-order chi connectivity index (χ1) is 12.7. The standard InChI is InChI=1S/C20H25FN4O/c21-18-8-6-16(7-9-18)17-10-11-24(13-17)20(26)19-14-25(23-22-19)12-15-4-2-1-3-5-15/h6-9,14-15,17H,1-5,10-13H2/t17-/m1/s1. The zero-order valence-electron chi connectivity index (χ0n) is 15.0. The van der Waals surface area contributed by atoms with Crippen LogP contribution in [-0.2, 0) is 6.54 Å². The van der Waals surface area contributed by atoms with E-state index >= 15 is 0 Å². The maximum Gasteiger partial charge on any atom is 0.276 e. The number of rotatable bonds is 4. The molecular formula is C20H25FN4O. The molecule has 1 saturated heterocycles. The number of likely N-dealkylation sites (tertiary alicyclic amines) is 1. The lowest BCUT2D eigenvalue weighted by atomic mass is 9.89. The van der Waals surface area contributed by atoms with Crippen molar-refractivity contribution in [1.29, 1.82) is 0 Å². The third-order valence-electron chi connectivity index (χ3n) is 5.74. The zero-order valence-corrected chi connectivity index (χ0v) is 15.0. The van der Waals surface area contributed by atoms with Crippen LogP contribution in [0.5, 0.6) is 0 Å². The molecule has 26 heavy (non-hydrogen) atoms. The van der Waals surface area contributed by atoms with Gasteiger partial charge in [-0.1, -0.05) is 36.6 Å². The zero-order chi connectivity index (χ0) is 17.9. The molecule has 0 bridgehead atoms. The maximum absolute atomic E-state index is 13.1. The number of hydrogen-bond donors (Lipinski definition) is 0. The number of aromatic nitrogens is 3. The number of carbonyl (C=O) groups is 1. The van der Waals surface area contributed by atoms with Crippen molar-refractivity contribution in [1.82, 2.24) is 19.9 Å². The summed E-state index contributed by atoms with van der Waals surface area (Å²) in [5, 5.41) is 8.27. The van der Waals surface area contributed by atoms with Gasteiger partial charge in [0.05, 0.1) is 6.20 Å². The first-order valence-electron chi connectivity index (χ1n) is 9.64. The highest BCUT2D eigenvalue weighted by Crippen LogP contribution is 2.28. The van der Waals surface area contributed by atoms with E-state index in [1.54, 1.807) is 6.20 Å². The lowest BCUT2D eigenvalue weighted by Gasteiger charge is -2.20. The summed E-state index contributed by atoms with van der Waals surface area (Å²) < 4.78 is 14.9. The molecule has 0 radical (unpaired) electrons. The molecule has 1 amide bonds. The van der Waals surface area contributed by atoms with Crippen molar-refractivity contribution in [2.45, 2.75) is 51.0 Å². The van der Waals surface area contributed by atoms with E-state index in [9.17, 15) is 9.18 Å². The Labute approximate surface area is 153 Å². The quantitative estimate of drug-likeness (QED) is 0.841. The van der Waals surface area contributed by atoms with E-state index in [-0.39, 0.29) is 17.6 Å². The molecule has 138 valence electrons. The number of benzene rings is 1. The van der Waals surface area contributed by atoms with Gasteiger partial charge < -0.3 is 4.90 Å². The minimum atomic E-state index is -0.228. The van der Waals surface area contributed by atoms with Gasteiger partial charge in [0.1, 0.15) is 5.82 Å². The highest BCUT2D eigenvalue weighted by atomic mass is 19.1.